The lowest BCUT2D eigenvalue weighted by atomic mass is 10.1. The molecule has 0 aliphatic heterocycles. The van der Waals surface area contributed by atoms with Crippen molar-refractivity contribution in [3.8, 4) is 11.8 Å². The van der Waals surface area contributed by atoms with Crippen LogP contribution in [0.15, 0.2) is 24.3 Å². The molecule has 1 heterocycles. The van der Waals surface area contributed by atoms with E-state index in [-0.39, 0.29) is 12.0 Å². The predicted octanol–water partition coefficient (Wildman–Crippen LogP) is 2.65. The highest BCUT2D eigenvalue weighted by Gasteiger charge is 2.12. The maximum Gasteiger partial charge on any atom is 0.328 e. The topological polar surface area (TPSA) is 77.2 Å². The van der Waals surface area contributed by atoms with Gasteiger partial charge < -0.3 is 15.4 Å². The van der Waals surface area contributed by atoms with Crippen molar-refractivity contribution >= 4 is 11.9 Å². The minimum absolute atomic E-state index is 0.163. The van der Waals surface area contributed by atoms with Crippen LogP contribution in [0.4, 0.5) is 11.9 Å². The van der Waals surface area contributed by atoms with E-state index in [1.54, 1.807) is 0 Å². The lowest BCUT2D eigenvalue weighted by molar-refractivity contribution is 0.435. The molecule has 0 aliphatic rings. The summed E-state index contributed by atoms with van der Waals surface area (Å²) in [5.41, 5.74) is 6.86. The Morgan fingerprint density at radius 3 is 2.43 bits per heavy atom. The van der Waals surface area contributed by atoms with Gasteiger partial charge in [0.05, 0.1) is 0 Å². The molecule has 1 aromatic heterocycles. The van der Waals surface area contributed by atoms with Crippen LogP contribution in [0.25, 0.3) is 0 Å². The van der Waals surface area contributed by atoms with Crippen LogP contribution >= 0.6 is 0 Å². The summed E-state index contributed by atoms with van der Waals surface area (Å²) in [6, 6.07) is 8.05. The molecule has 6 heteroatoms. The monoisotopic (exact) mass is 287 g/mol. The van der Waals surface area contributed by atoms with Crippen molar-refractivity contribution in [2.24, 2.45) is 0 Å². The Hall–Kier alpha value is -2.37. The van der Waals surface area contributed by atoms with E-state index in [2.05, 4.69) is 21.9 Å². The summed E-state index contributed by atoms with van der Waals surface area (Å²) < 4.78 is 5.79. The fourth-order valence-electron chi connectivity index (χ4n) is 2.05. The van der Waals surface area contributed by atoms with Crippen molar-refractivity contribution in [1.29, 1.82) is 0 Å². The number of nitrogen functional groups attached to an aromatic ring is 1. The second-order valence-electron chi connectivity index (χ2n) is 4.51. The van der Waals surface area contributed by atoms with Gasteiger partial charge in [-0.3, -0.25) is 0 Å². The second-order valence-corrected chi connectivity index (χ2v) is 4.51. The normalized spacial score (nSPS) is 10.4. The van der Waals surface area contributed by atoms with Gasteiger partial charge in [-0.2, -0.15) is 15.0 Å². The first-order chi connectivity index (χ1) is 10.2. The van der Waals surface area contributed by atoms with Gasteiger partial charge in [0.1, 0.15) is 5.75 Å². The summed E-state index contributed by atoms with van der Waals surface area (Å²) >= 11 is 0. The number of nitrogens with two attached hydrogens (primary N) is 1. The van der Waals surface area contributed by atoms with Crippen molar-refractivity contribution in [3.05, 3.63) is 29.8 Å². The zero-order valence-corrected chi connectivity index (χ0v) is 12.7. The Bertz CT molecular complexity index is 598. The molecule has 0 fully saturated rings. The van der Waals surface area contributed by atoms with Crippen molar-refractivity contribution < 1.29 is 4.74 Å². The van der Waals surface area contributed by atoms with Gasteiger partial charge in [0, 0.05) is 13.1 Å². The van der Waals surface area contributed by atoms with E-state index in [0.29, 0.717) is 5.95 Å². The zero-order valence-electron chi connectivity index (χ0n) is 12.7. The largest absolute Gasteiger partial charge is 0.424 e. The smallest absolute Gasteiger partial charge is 0.328 e. The highest BCUT2D eigenvalue weighted by molar-refractivity contribution is 5.39. The first-order valence-electron chi connectivity index (χ1n) is 7.20. The van der Waals surface area contributed by atoms with Crippen LogP contribution in [-0.2, 0) is 6.42 Å². The number of rotatable bonds is 6. The van der Waals surface area contributed by atoms with Gasteiger partial charge in [0.15, 0.2) is 0 Å². The molecule has 1 aromatic carbocycles. The number of aryl methyl sites for hydroxylation is 1. The van der Waals surface area contributed by atoms with Crippen LogP contribution in [-0.4, -0.2) is 28.0 Å². The first-order valence-corrected chi connectivity index (χ1v) is 7.20. The van der Waals surface area contributed by atoms with Gasteiger partial charge in [-0.1, -0.05) is 25.1 Å². The molecule has 0 saturated carbocycles. The van der Waals surface area contributed by atoms with E-state index < -0.39 is 0 Å². The Labute approximate surface area is 125 Å². The number of anilines is 2. The summed E-state index contributed by atoms with van der Waals surface area (Å²) in [6.45, 7) is 7.74. The number of hydrogen-bond donors (Lipinski definition) is 1. The lowest BCUT2D eigenvalue weighted by Crippen LogP contribution is -2.25. The number of nitrogens with zero attached hydrogens (tertiary/aromatic N) is 4. The Morgan fingerprint density at radius 1 is 1.05 bits per heavy atom. The van der Waals surface area contributed by atoms with E-state index in [9.17, 15) is 0 Å². The quantitative estimate of drug-likeness (QED) is 0.880. The molecule has 0 aliphatic carbocycles. The van der Waals surface area contributed by atoms with Crippen molar-refractivity contribution in [3.63, 3.8) is 0 Å². The maximum atomic E-state index is 5.79. The fraction of sp³-hybridized carbons (Fsp3) is 0.400. The van der Waals surface area contributed by atoms with Gasteiger partial charge >= 0.3 is 6.01 Å². The van der Waals surface area contributed by atoms with Crippen molar-refractivity contribution in [2.45, 2.75) is 27.2 Å². The summed E-state index contributed by atoms with van der Waals surface area (Å²) in [5.74, 6) is 1.45. The molecule has 0 atom stereocenters. The lowest BCUT2D eigenvalue weighted by Gasteiger charge is -2.18. The van der Waals surface area contributed by atoms with Crippen molar-refractivity contribution in [1.82, 2.24) is 15.0 Å². The van der Waals surface area contributed by atoms with Gasteiger partial charge in [-0.05, 0) is 31.9 Å². The van der Waals surface area contributed by atoms with E-state index >= 15 is 0 Å². The fourth-order valence-corrected chi connectivity index (χ4v) is 2.05. The van der Waals surface area contributed by atoms with Crippen LogP contribution in [0.3, 0.4) is 0 Å². The molecule has 0 spiro atoms. The number of ether oxygens (including phenoxy) is 1. The third kappa shape index (κ3) is 3.59. The molecule has 112 valence electrons. The molecule has 0 bridgehead atoms. The number of benzene rings is 1. The Kier molecular flexibility index (Phi) is 4.92. The molecule has 21 heavy (non-hydrogen) atoms. The van der Waals surface area contributed by atoms with Crippen molar-refractivity contribution in [2.75, 3.05) is 23.7 Å². The van der Waals surface area contributed by atoms with Gasteiger partial charge in [0.25, 0.3) is 0 Å². The molecule has 2 aromatic rings. The second kappa shape index (κ2) is 6.88. The van der Waals surface area contributed by atoms with Crippen LogP contribution in [0.5, 0.6) is 11.8 Å². The van der Waals surface area contributed by atoms with E-state index in [1.165, 1.54) is 0 Å². The first kappa shape index (κ1) is 15.0. The SMILES string of the molecule is CCc1ccccc1Oc1nc(N)nc(N(CC)CC)n1. The third-order valence-electron chi connectivity index (χ3n) is 3.22. The average Bonchev–Trinajstić information content (AvgIpc) is 2.48. The molecule has 6 nitrogen and oxygen atoms in total. The molecule has 0 radical (unpaired) electrons. The van der Waals surface area contributed by atoms with Crippen LogP contribution < -0.4 is 15.4 Å². The van der Waals surface area contributed by atoms with Gasteiger partial charge in [0.2, 0.25) is 11.9 Å². The van der Waals surface area contributed by atoms with E-state index in [4.69, 9.17) is 10.5 Å². The van der Waals surface area contributed by atoms with E-state index in [0.717, 1.165) is 30.8 Å². The molecule has 0 saturated heterocycles. The Morgan fingerprint density at radius 2 is 1.76 bits per heavy atom. The highest BCUT2D eigenvalue weighted by Crippen LogP contribution is 2.24. The van der Waals surface area contributed by atoms with Crippen LogP contribution in [0.1, 0.15) is 26.3 Å². The van der Waals surface area contributed by atoms with Gasteiger partial charge in [-0.25, -0.2) is 0 Å². The maximum absolute atomic E-state index is 5.79. The zero-order chi connectivity index (χ0) is 15.2. The Balaban J connectivity index is 2.32. The summed E-state index contributed by atoms with van der Waals surface area (Å²) in [7, 11) is 0. The number of aromatic nitrogens is 3. The molecular formula is C15H21N5O. The highest BCUT2D eigenvalue weighted by atomic mass is 16.5. The summed E-state index contributed by atoms with van der Waals surface area (Å²) in [6.07, 6.45) is 0.875. The summed E-state index contributed by atoms with van der Waals surface area (Å²) in [4.78, 5) is 14.6. The average molecular weight is 287 g/mol. The van der Waals surface area contributed by atoms with E-state index in [1.807, 2.05) is 43.0 Å². The molecule has 2 rings (SSSR count). The molecule has 2 N–H and O–H groups in total. The van der Waals surface area contributed by atoms with Crippen LogP contribution in [0.2, 0.25) is 0 Å². The standard InChI is InChI=1S/C15H21N5O/c1-4-11-9-7-8-10-12(11)21-15-18-13(16)17-14(19-15)20(5-2)6-3/h7-10H,4-6H2,1-3H3,(H2,16,17,18,19). The molecule has 0 amide bonds. The van der Waals surface area contributed by atoms with Gasteiger partial charge in [-0.15, -0.1) is 0 Å². The number of hydrogen-bond acceptors (Lipinski definition) is 6. The molecule has 0 unspecified atom stereocenters. The minimum atomic E-state index is 0.163. The minimum Gasteiger partial charge on any atom is -0.424 e. The summed E-state index contributed by atoms with van der Waals surface area (Å²) in [5, 5.41) is 0. The molecular weight excluding hydrogens is 266 g/mol. The van der Waals surface area contributed by atoms with Crippen LogP contribution in [0, 0.1) is 0 Å². The predicted molar refractivity (Wildman–Crippen MR) is 83.7 cm³/mol. The third-order valence-corrected chi connectivity index (χ3v) is 3.22. The number of para-hydroxylation sites is 1.